The molecule has 298 valence electrons. The van der Waals surface area contributed by atoms with Gasteiger partial charge in [-0.1, -0.05) is 32.9 Å². The van der Waals surface area contributed by atoms with E-state index in [1.165, 1.54) is 12.1 Å². The second-order valence-electron chi connectivity index (χ2n) is 18.4. The van der Waals surface area contributed by atoms with Crippen LogP contribution in [0, 0.1) is 5.82 Å². The van der Waals surface area contributed by atoms with Crippen molar-refractivity contribution >= 4 is 26.0 Å². The first-order valence-electron chi connectivity index (χ1n) is 19.7. The van der Waals surface area contributed by atoms with Gasteiger partial charge in [0.1, 0.15) is 23.7 Å². The van der Waals surface area contributed by atoms with E-state index in [-0.39, 0.29) is 47.5 Å². The fourth-order valence-electron chi connectivity index (χ4n) is 7.55. The van der Waals surface area contributed by atoms with Crippen LogP contribution in [0.15, 0.2) is 30.3 Å². The van der Waals surface area contributed by atoms with Gasteiger partial charge in [-0.2, -0.15) is 0 Å². The zero-order valence-electron chi connectivity index (χ0n) is 34.2. The number of benzene rings is 1. The number of halogens is 1. The minimum Gasteiger partial charge on any atom is -0.474 e. The van der Waals surface area contributed by atoms with E-state index in [4.69, 9.17) is 23.6 Å². The fourth-order valence-corrected chi connectivity index (χ4v) is 9.13. The van der Waals surface area contributed by atoms with Crippen LogP contribution in [-0.4, -0.2) is 123 Å². The molecule has 0 unspecified atom stereocenters. The molecule has 3 atom stereocenters. The van der Waals surface area contributed by atoms with Gasteiger partial charge in [-0.05, 0) is 101 Å². The van der Waals surface area contributed by atoms with Crippen molar-refractivity contribution in [2.24, 2.45) is 0 Å². The minimum atomic E-state index is -2.18. The van der Waals surface area contributed by atoms with Gasteiger partial charge in [0.05, 0.1) is 37.6 Å². The van der Waals surface area contributed by atoms with Gasteiger partial charge in [0.15, 0.2) is 8.32 Å². The molecule has 6 rings (SSSR count). The summed E-state index contributed by atoms with van der Waals surface area (Å²) in [4.78, 5) is 41.4. The first kappa shape index (κ1) is 40.6. The largest absolute Gasteiger partial charge is 0.474 e. The van der Waals surface area contributed by atoms with Gasteiger partial charge in [-0.3, -0.25) is 14.6 Å². The van der Waals surface area contributed by atoms with Gasteiger partial charge in [0.2, 0.25) is 11.8 Å². The second kappa shape index (κ2) is 15.4. The number of anilines is 1. The average molecular weight is 768 g/mol. The highest BCUT2D eigenvalue weighted by Gasteiger charge is 2.55. The van der Waals surface area contributed by atoms with Gasteiger partial charge < -0.3 is 28.4 Å². The van der Waals surface area contributed by atoms with Crippen molar-refractivity contribution in [2.45, 2.75) is 122 Å². The summed E-state index contributed by atoms with van der Waals surface area (Å²) in [6.07, 6.45) is 1.91. The van der Waals surface area contributed by atoms with E-state index in [0.717, 1.165) is 36.2 Å². The van der Waals surface area contributed by atoms with Crippen LogP contribution in [0.3, 0.4) is 0 Å². The van der Waals surface area contributed by atoms with Gasteiger partial charge in [0.25, 0.3) is 0 Å². The molecule has 3 fully saturated rings. The molecule has 1 aromatic heterocycles. The third kappa shape index (κ3) is 9.12. The van der Waals surface area contributed by atoms with Gasteiger partial charge in [0, 0.05) is 44.3 Å². The number of fused-ring (bicyclic) bond motifs is 1. The SMILES string of the molecule is C[C@@H]1COCCN1C[C@H]1CN(C(=O)OC(C)(C)C)[C@H](C)CN1CC(=O)N1CCOc2nc(C3(O[Si](C)(C)C(C)(C)C)CC3)c(Cc3ccc(F)cc3)cc21. The standard InChI is InChI=1S/C41H62FN5O6Si/c1-28-23-45(33(24-44-17-19-50-27-29(44)2)25-47(28)38(49)52-39(3,4)5)26-35(48)46-18-20-51-37-34(46)22-31(21-30-11-13-32(42)14-12-30)36(43-37)41(15-16-41)53-54(9,10)40(6,7)8/h11-14,22,28-29,33H,15-21,23-27H2,1-10H3/t28-,29-,33+/m1/s1. The summed E-state index contributed by atoms with van der Waals surface area (Å²) >= 11 is 0. The molecule has 3 aliphatic heterocycles. The molecular formula is C41H62FN5O6Si. The number of hydrogen-bond acceptors (Lipinski definition) is 9. The maximum Gasteiger partial charge on any atom is 0.410 e. The Balaban J connectivity index is 1.30. The lowest BCUT2D eigenvalue weighted by Crippen LogP contribution is -2.64. The van der Waals surface area contributed by atoms with Crippen molar-refractivity contribution in [2.75, 3.05) is 64.0 Å². The highest BCUT2D eigenvalue weighted by molar-refractivity contribution is 6.74. The monoisotopic (exact) mass is 767 g/mol. The molecule has 2 saturated heterocycles. The Morgan fingerprint density at radius 3 is 2.31 bits per heavy atom. The minimum absolute atomic E-state index is 0.0151. The third-order valence-corrected chi connectivity index (χ3v) is 16.3. The third-order valence-electron chi connectivity index (χ3n) is 11.8. The highest BCUT2D eigenvalue weighted by atomic mass is 28.4. The number of hydrogen-bond donors (Lipinski definition) is 0. The van der Waals surface area contributed by atoms with Gasteiger partial charge >= 0.3 is 6.09 Å². The lowest BCUT2D eigenvalue weighted by Gasteiger charge is -2.47. The van der Waals surface area contributed by atoms with Crippen molar-refractivity contribution in [3.63, 3.8) is 0 Å². The van der Waals surface area contributed by atoms with Crippen LogP contribution in [0.2, 0.25) is 18.1 Å². The number of aromatic nitrogens is 1. The average Bonchev–Trinajstić information content (AvgIpc) is 3.85. The lowest BCUT2D eigenvalue weighted by molar-refractivity contribution is -0.122. The second-order valence-corrected chi connectivity index (χ2v) is 23.1. The summed E-state index contributed by atoms with van der Waals surface area (Å²) in [5.41, 5.74) is 2.29. The van der Waals surface area contributed by atoms with Crippen molar-refractivity contribution < 1.29 is 32.6 Å². The van der Waals surface area contributed by atoms with E-state index in [9.17, 15) is 14.0 Å². The van der Waals surface area contributed by atoms with E-state index in [1.54, 1.807) is 12.1 Å². The number of carbonyl (C=O) groups excluding carboxylic acids is 2. The van der Waals surface area contributed by atoms with E-state index >= 15 is 0 Å². The molecule has 54 heavy (non-hydrogen) atoms. The topological polar surface area (TPSA) is 96.9 Å². The maximum absolute atomic E-state index is 14.5. The van der Waals surface area contributed by atoms with Crippen LogP contribution in [0.5, 0.6) is 5.88 Å². The molecule has 4 heterocycles. The Morgan fingerprint density at radius 1 is 0.981 bits per heavy atom. The molecule has 4 aliphatic rings. The van der Waals surface area contributed by atoms with Crippen LogP contribution in [0.1, 0.15) is 85.1 Å². The number of nitrogens with zero attached hydrogens (tertiary/aromatic N) is 5. The number of carbonyl (C=O) groups is 2. The van der Waals surface area contributed by atoms with Gasteiger partial charge in [-0.25, -0.2) is 14.2 Å². The van der Waals surface area contributed by atoms with Gasteiger partial charge in [-0.15, -0.1) is 0 Å². The Kier molecular flexibility index (Phi) is 11.6. The summed E-state index contributed by atoms with van der Waals surface area (Å²) in [7, 11) is -2.18. The van der Waals surface area contributed by atoms with E-state index in [2.05, 4.69) is 56.7 Å². The van der Waals surface area contributed by atoms with Crippen molar-refractivity contribution in [3.05, 3.63) is 53.0 Å². The van der Waals surface area contributed by atoms with Crippen LogP contribution in [-0.2, 0) is 30.7 Å². The molecule has 0 bridgehead atoms. The first-order chi connectivity index (χ1) is 25.2. The molecule has 1 saturated carbocycles. The zero-order chi connectivity index (χ0) is 39.2. The van der Waals surface area contributed by atoms with Crippen molar-refractivity contribution in [1.82, 2.24) is 19.7 Å². The zero-order valence-corrected chi connectivity index (χ0v) is 35.2. The number of rotatable bonds is 9. The summed E-state index contributed by atoms with van der Waals surface area (Å²) in [5, 5.41) is 0.0151. The summed E-state index contributed by atoms with van der Waals surface area (Å²) in [6, 6.07) is 8.63. The smallest absolute Gasteiger partial charge is 0.410 e. The van der Waals surface area contributed by atoms with E-state index in [0.29, 0.717) is 64.0 Å². The molecule has 0 radical (unpaired) electrons. The summed E-state index contributed by atoms with van der Waals surface area (Å²) in [6.45, 7) is 25.8. The highest BCUT2D eigenvalue weighted by Crippen LogP contribution is 2.55. The fraction of sp³-hybridized carbons (Fsp3) is 0.683. The van der Waals surface area contributed by atoms with E-state index < -0.39 is 19.5 Å². The van der Waals surface area contributed by atoms with Crippen molar-refractivity contribution in [3.8, 4) is 5.88 Å². The Bertz CT molecular complexity index is 1670. The van der Waals surface area contributed by atoms with Crippen LogP contribution < -0.4 is 9.64 Å². The number of ether oxygens (including phenoxy) is 3. The molecular weight excluding hydrogens is 706 g/mol. The Labute approximate surface area is 322 Å². The molecule has 2 aromatic rings. The number of piperazine rings is 1. The van der Waals surface area contributed by atoms with E-state index in [1.807, 2.05) is 37.5 Å². The predicted octanol–water partition coefficient (Wildman–Crippen LogP) is 6.58. The maximum atomic E-state index is 14.5. The Morgan fingerprint density at radius 2 is 1.69 bits per heavy atom. The lowest BCUT2D eigenvalue weighted by atomic mass is 9.98. The molecule has 1 aliphatic carbocycles. The molecule has 0 N–H and O–H groups in total. The molecule has 13 heteroatoms. The van der Waals surface area contributed by atoms with Crippen LogP contribution >= 0.6 is 0 Å². The molecule has 0 spiro atoms. The normalized spacial score (nSPS) is 23.8. The number of pyridine rings is 1. The number of amides is 2. The first-order valence-corrected chi connectivity index (χ1v) is 22.6. The molecule has 2 amide bonds. The summed E-state index contributed by atoms with van der Waals surface area (Å²) < 4.78 is 38.8. The predicted molar refractivity (Wildman–Crippen MR) is 210 cm³/mol. The Hall–Kier alpha value is -3.10. The molecule has 1 aromatic carbocycles. The quantitative estimate of drug-likeness (QED) is 0.263. The van der Waals surface area contributed by atoms with Crippen LogP contribution in [0.4, 0.5) is 14.9 Å². The summed E-state index contributed by atoms with van der Waals surface area (Å²) in [5.74, 6) is 0.119. The number of morpholine rings is 1. The molecule has 11 nitrogen and oxygen atoms in total. The van der Waals surface area contributed by atoms with Crippen molar-refractivity contribution in [1.29, 1.82) is 0 Å². The van der Waals surface area contributed by atoms with Crippen LogP contribution in [0.25, 0.3) is 0 Å².